The molecule has 0 heterocycles. The van der Waals surface area contributed by atoms with Gasteiger partial charge in [0.1, 0.15) is 29.5 Å². The standard InChI is InChI=1S/C14H12F2N4/c1-20(2)13(10(8-17)9-18)6-7-19-14-11(15)4-3-5-12(14)16/h3-7,19H,1-2H3/b7-6+. The highest BCUT2D eigenvalue weighted by Crippen LogP contribution is 2.18. The van der Waals surface area contributed by atoms with Crippen molar-refractivity contribution in [3.63, 3.8) is 0 Å². The van der Waals surface area contributed by atoms with Crippen LogP contribution in [0.25, 0.3) is 0 Å². The van der Waals surface area contributed by atoms with E-state index in [9.17, 15) is 8.78 Å². The predicted octanol–water partition coefficient (Wildman–Crippen LogP) is 2.75. The van der Waals surface area contributed by atoms with Crippen LogP contribution < -0.4 is 5.32 Å². The molecule has 1 aromatic carbocycles. The van der Waals surface area contributed by atoms with Crippen molar-refractivity contribution in [2.75, 3.05) is 19.4 Å². The molecule has 0 atom stereocenters. The molecule has 0 fully saturated rings. The number of anilines is 1. The molecule has 0 aliphatic heterocycles. The lowest BCUT2D eigenvalue weighted by Gasteiger charge is -2.13. The van der Waals surface area contributed by atoms with Crippen LogP contribution in [0.2, 0.25) is 0 Å². The predicted molar refractivity (Wildman–Crippen MR) is 71.1 cm³/mol. The molecule has 0 unspecified atom stereocenters. The molecule has 4 nitrogen and oxygen atoms in total. The maximum absolute atomic E-state index is 13.4. The summed E-state index contributed by atoms with van der Waals surface area (Å²) in [7, 11) is 3.30. The van der Waals surface area contributed by atoms with E-state index in [0.717, 1.165) is 12.1 Å². The van der Waals surface area contributed by atoms with Crippen molar-refractivity contribution in [2.45, 2.75) is 0 Å². The largest absolute Gasteiger partial charge is 0.376 e. The molecule has 20 heavy (non-hydrogen) atoms. The third kappa shape index (κ3) is 3.56. The molecule has 0 radical (unpaired) electrons. The first-order valence-electron chi connectivity index (χ1n) is 5.60. The zero-order valence-corrected chi connectivity index (χ0v) is 11.0. The van der Waals surface area contributed by atoms with Gasteiger partial charge in [0.15, 0.2) is 5.57 Å². The number of halogens is 2. The fraction of sp³-hybridized carbons (Fsp3) is 0.143. The van der Waals surface area contributed by atoms with E-state index in [1.807, 2.05) is 0 Å². The summed E-state index contributed by atoms with van der Waals surface area (Å²) in [5, 5.41) is 20.1. The van der Waals surface area contributed by atoms with Crippen molar-refractivity contribution in [1.82, 2.24) is 4.90 Å². The van der Waals surface area contributed by atoms with Crippen molar-refractivity contribution in [2.24, 2.45) is 0 Å². The summed E-state index contributed by atoms with van der Waals surface area (Å²) in [5.41, 5.74) is -0.0568. The van der Waals surface area contributed by atoms with Crippen molar-refractivity contribution in [3.05, 3.63) is 53.4 Å². The molecule has 0 saturated carbocycles. The normalized spacial score (nSPS) is 9.70. The lowest BCUT2D eigenvalue weighted by Crippen LogP contribution is -2.11. The molecule has 0 aliphatic rings. The van der Waals surface area contributed by atoms with Crippen molar-refractivity contribution in [3.8, 4) is 12.1 Å². The Kier molecular flexibility index (Phi) is 5.25. The lowest BCUT2D eigenvalue weighted by atomic mass is 10.2. The molecular formula is C14H12F2N4. The average molecular weight is 274 g/mol. The number of hydrogen-bond acceptors (Lipinski definition) is 4. The minimum Gasteiger partial charge on any atom is -0.376 e. The summed E-state index contributed by atoms with van der Waals surface area (Å²) in [4.78, 5) is 1.55. The SMILES string of the molecule is CN(C)C(/C=C/Nc1c(F)cccc1F)=C(C#N)C#N. The van der Waals surface area contributed by atoms with Crippen LogP contribution in [0.3, 0.4) is 0 Å². The number of benzene rings is 1. The van der Waals surface area contributed by atoms with Gasteiger partial charge in [0, 0.05) is 20.3 Å². The van der Waals surface area contributed by atoms with E-state index in [1.54, 1.807) is 31.1 Å². The molecule has 1 aromatic rings. The van der Waals surface area contributed by atoms with E-state index in [1.165, 1.54) is 18.3 Å². The summed E-state index contributed by atoms with van der Waals surface area (Å²) in [5.74, 6) is -1.46. The Bertz CT molecular complexity index is 597. The number of para-hydroxylation sites is 1. The monoisotopic (exact) mass is 274 g/mol. The molecule has 1 N–H and O–H groups in total. The van der Waals surface area contributed by atoms with Crippen LogP contribution in [-0.4, -0.2) is 19.0 Å². The second-order valence-electron chi connectivity index (χ2n) is 3.95. The molecule has 1 rings (SSSR count). The average Bonchev–Trinajstić information content (AvgIpc) is 2.40. The van der Waals surface area contributed by atoms with E-state index < -0.39 is 11.6 Å². The number of rotatable bonds is 4. The third-order valence-electron chi connectivity index (χ3n) is 2.39. The molecule has 0 spiro atoms. The van der Waals surface area contributed by atoms with Crippen LogP contribution >= 0.6 is 0 Å². The van der Waals surface area contributed by atoms with Crippen LogP contribution in [0, 0.1) is 34.3 Å². The summed E-state index contributed by atoms with van der Waals surface area (Å²) < 4.78 is 26.7. The van der Waals surface area contributed by atoms with Crippen molar-refractivity contribution < 1.29 is 8.78 Å². The highest BCUT2D eigenvalue weighted by molar-refractivity contribution is 5.50. The quantitative estimate of drug-likeness (QED) is 0.677. The third-order valence-corrected chi connectivity index (χ3v) is 2.39. The summed E-state index contributed by atoms with van der Waals surface area (Å²) in [6, 6.07) is 7.01. The maximum atomic E-state index is 13.4. The molecule has 6 heteroatoms. The Morgan fingerprint density at radius 3 is 2.20 bits per heavy atom. The number of likely N-dealkylation sites (N-methyl/N-ethyl adjacent to an activating group) is 1. The molecule has 0 amide bonds. The summed E-state index contributed by atoms with van der Waals surface area (Å²) in [6.07, 6.45) is 2.67. The highest BCUT2D eigenvalue weighted by Gasteiger charge is 2.07. The van der Waals surface area contributed by atoms with E-state index >= 15 is 0 Å². The van der Waals surface area contributed by atoms with Gasteiger partial charge in [-0.05, 0) is 18.2 Å². The van der Waals surface area contributed by atoms with Gasteiger partial charge >= 0.3 is 0 Å². The van der Waals surface area contributed by atoms with Crippen molar-refractivity contribution in [1.29, 1.82) is 10.5 Å². The zero-order chi connectivity index (χ0) is 15.1. The fourth-order valence-corrected chi connectivity index (χ4v) is 1.44. The highest BCUT2D eigenvalue weighted by atomic mass is 19.1. The van der Waals surface area contributed by atoms with Crippen LogP contribution in [0.4, 0.5) is 14.5 Å². The number of nitriles is 2. The first kappa shape index (κ1) is 15.2. The van der Waals surface area contributed by atoms with E-state index in [4.69, 9.17) is 10.5 Å². The molecule has 0 saturated heterocycles. The smallest absolute Gasteiger partial charge is 0.152 e. The first-order chi connectivity index (χ1) is 9.51. The van der Waals surface area contributed by atoms with Gasteiger partial charge < -0.3 is 10.2 Å². The minimum atomic E-state index is -0.731. The van der Waals surface area contributed by atoms with E-state index in [-0.39, 0.29) is 11.3 Å². The van der Waals surface area contributed by atoms with Gasteiger partial charge in [0.2, 0.25) is 0 Å². The van der Waals surface area contributed by atoms with Crippen LogP contribution in [-0.2, 0) is 0 Å². The van der Waals surface area contributed by atoms with Crippen LogP contribution in [0.15, 0.2) is 41.7 Å². The van der Waals surface area contributed by atoms with E-state index in [2.05, 4.69) is 5.32 Å². The van der Waals surface area contributed by atoms with Gasteiger partial charge in [0.25, 0.3) is 0 Å². The number of hydrogen-bond donors (Lipinski definition) is 1. The first-order valence-corrected chi connectivity index (χ1v) is 5.60. The minimum absolute atomic E-state index is 0.0953. The number of allylic oxidation sites excluding steroid dienone is 2. The second kappa shape index (κ2) is 6.91. The summed E-state index contributed by atoms with van der Waals surface area (Å²) in [6.45, 7) is 0. The Morgan fingerprint density at radius 1 is 1.20 bits per heavy atom. The van der Waals surface area contributed by atoms with Gasteiger partial charge in [-0.1, -0.05) is 6.07 Å². The van der Waals surface area contributed by atoms with Crippen LogP contribution in [0.5, 0.6) is 0 Å². The Hall–Kier alpha value is -2.86. The van der Waals surface area contributed by atoms with Crippen LogP contribution in [0.1, 0.15) is 0 Å². The molecule has 102 valence electrons. The van der Waals surface area contributed by atoms with Crippen molar-refractivity contribution >= 4 is 5.69 Å². The second-order valence-corrected chi connectivity index (χ2v) is 3.95. The van der Waals surface area contributed by atoms with E-state index in [0.29, 0.717) is 5.70 Å². The molecular weight excluding hydrogens is 262 g/mol. The zero-order valence-electron chi connectivity index (χ0n) is 11.0. The fourth-order valence-electron chi connectivity index (χ4n) is 1.44. The van der Waals surface area contributed by atoms with Gasteiger partial charge in [-0.2, -0.15) is 10.5 Å². The van der Waals surface area contributed by atoms with Gasteiger partial charge in [-0.25, -0.2) is 8.78 Å². The Balaban J connectivity index is 3.01. The topological polar surface area (TPSA) is 62.9 Å². The number of nitrogens with zero attached hydrogens (tertiary/aromatic N) is 3. The molecule has 0 aliphatic carbocycles. The maximum Gasteiger partial charge on any atom is 0.152 e. The summed E-state index contributed by atoms with van der Waals surface area (Å²) >= 11 is 0. The van der Waals surface area contributed by atoms with Gasteiger partial charge in [-0.3, -0.25) is 0 Å². The lowest BCUT2D eigenvalue weighted by molar-refractivity contribution is 0.527. The molecule has 0 bridgehead atoms. The molecule has 0 aromatic heterocycles. The number of nitrogens with one attached hydrogen (secondary N) is 1. The Labute approximate surface area is 115 Å². The Morgan fingerprint density at radius 2 is 1.75 bits per heavy atom. The van der Waals surface area contributed by atoms with Gasteiger partial charge in [-0.15, -0.1) is 0 Å². The van der Waals surface area contributed by atoms with Gasteiger partial charge in [0.05, 0.1) is 5.70 Å².